The van der Waals surface area contributed by atoms with E-state index >= 15 is 0 Å². The Labute approximate surface area is 118 Å². The van der Waals surface area contributed by atoms with Crippen molar-refractivity contribution in [3.63, 3.8) is 0 Å². The second-order valence-electron chi connectivity index (χ2n) is 6.61. The molecule has 1 N–H and O–H groups in total. The van der Waals surface area contributed by atoms with Crippen molar-refractivity contribution in [1.29, 1.82) is 5.26 Å². The van der Waals surface area contributed by atoms with Gasteiger partial charge in [0, 0.05) is 12.6 Å². The van der Waals surface area contributed by atoms with Crippen LogP contribution in [0.1, 0.15) is 58.3 Å². The van der Waals surface area contributed by atoms with Crippen molar-refractivity contribution in [3.05, 3.63) is 0 Å². The average Bonchev–Trinajstić information content (AvgIpc) is 3.06. The van der Waals surface area contributed by atoms with Gasteiger partial charge in [0.1, 0.15) is 5.54 Å². The van der Waals surface area contributed by atoms with Crippen LogP contribution in [0.15, 0.2) is 0 Å². The van der Waals surface area contributed by atoms with Crippen molar-refractivity contribution in [3.8, 4) is 6.07 Å². The zero-order chi connectivity index (χ0) is 13.7. The van der Waals surface area contributed by atoms with Crippen molar-refractivity contribution in [1.82, 2.24) is 10.2 Å². The van der Waals surface area contributed by atoms with E-state index in [4.69, 9.17) is 0 Å². The first-order valence-corrected chi connectivity index (χ1v) is 8.05. The molecule has 0 amide bonds. The first-order valence-electron chi connectivity index (χ1n) is 8.05. The summed E-state index contributed by atoms with van der Waals surface area (Å²) in [5.74, 6) is 0.908. The molecule has 0 aromatic carbocycles. The molecule has 0 spiro atoms. The molecule has 19 heavy (non-hydrogen) atoms. The van der Waals surface area contributed by atoms with Gasteiger partial charge >= 0.3 is 0 Å². The summed E-state index contributed by atoms with van der Waals surface area (Å²) in [5.41, 5.74) is -0.245. The Bertz CT molecular complexity index is 316. The highest BCUT2D eigenvalue weighted by atomic mass is 15.1. The number of hydrogen-bond donors (Lipinski definition) is 1. The third-order valence-electron chi connectivity index (χ3n) is 5.06. The van der Waals surface area contributed by atoms with Crippen LogP contribution in [0, 0.1) is 17.2 Å². The van der Waals surface area contributed by atoms with E-state index in [-0.39, 0.29) is 5.54 Å². The Morgan fingerprint density at radius 3 is 2.68 bits per heavy atom. The summed E-state index contributed by atoms with van der Waals surface area (Å²) in [6, 6.07) is 3.15. The Morgan fingerprint density at radius 2 is 2.05 bits per heavy atom. The number of rotatable bonds is 6. The van der Waals surface area contributed by atoms with Crippen LogP contribution in [0.4, 0.5) is 0 Å². The van der Waals surface area contributed by atoms with Crippen LogP contribution in [0.2, 0.25) is 0 Å². The molecule has 0 radical (unpaired) electrons. The molecule has 0 heterocycles. The van der Waals surface area contributed by atoms with E-state index < -0.39 is 0 Å². The summed E-state index contributed by atoms with van der Waals surface area (Å²) in [7, 11) is 2.26. The number of nitrogens with zero attached hydrogens (tertiary/aromatic N) is 2. The second kappa shape index (κ2) is 6.72. The Morgan fingerprint density at radius 1 is 1.32 bits per heavy atom. The zero-order valence-electron chi connectivity index (χ0n) is 12.6. The van der Waals surface area contributed by atoms with Crippen LogP contribution in [-0.4, -0.2) is 36.6 Å². The standard InChI is InChI=1S/C16H29N3/c1-3-10-18-16(13-17)9-8-15(11-16)19(2)12-14-6-4-5-7-14/h14-15,18H,3-12H2,1-2H3. The lowest BCUT2D eigenvalue weighted by Crippen LogP contribution is -2.44. The van der Waals surface area contributed by atoms with Gasteiger partial charge in [-0.15, -0.1) is 0 Å². The summed E-state index contributed by atoms with van der Waals surface area (Å²) >= 11 is 0. The van der Waals surface area contributed by atoms with E-state index in [1.165, 1.54) is 38.6 Å². The lowest BCUT2D eigenvalue weighted by atomic mass is 9.98. The van der Waals surface area contributed by atoms with Gasteiger partial charge in [-0.1, -0.05) is 19.8 Å². The van der Waals surface area contributed by atoms with Gasteiger partial charge in [0.25, 0.3) is 0 Å². The van der Waals surface area contributed by atoms with Crippen LogP contribution in [0.5, 0.6) is 0 Å². The fourth-order valence-electron chi connectivity index (χ4n) is 3.81. The van der Waals surface area contributed by atoms with Gasteiger partial charge in [0.05, 0.1) is 6.07 Å². The minimum absolute atomic E-state index is 0.245. The van der Waals surface area contributed by atoms with Crippen LogP contribution >= 0.6 is 0 Å². The van der Waals surface area contributed by atoms with Crippen molar-refractivity contribution in [2.45, 2.75) is 69.9 Å². The summed E-state index contributed by atoms with van der Waals surface area (Å²) in [6.45, 7) is 4.36. The molecule has 0 aromatic heterocycles. The van der Waals surface area contributed by atoms with E-state index in [9.17, 15) is 5.26 Å². The molecular formula is C16H29N3. The Hall–Kier alpha value is -0.590. The van der Waals surface area contributed by atoms with Gasteiger partial charge in [-0.25, -0.2) is 0 Å². The van der Waals surface area contributed by atoms with Crippen molar-refractivity contribution in [2.24, 2.45) is 5.92 Å². The van der Waals surface area contributed by atoms with E-state index in [0.717, 1.165) is 31.7 Å². The highest BCUT2D eigenvalue weighted by Crippen LogP contribution is 2.34. The summed E-state index contributed by atoms with van der Waals surface area (Å²) in [5, 5.41) is 13.0. The molecule has 3 nitrogen and oxygen atoms in total. The van der Waals surface area contributed by atoms with Gasteiger partial charge in [0.2, 0.25) is 0 Å². The predicted molar refractivity (Wildman–Crippen MR) is 78.9 cm³/mol. The molecule has 0 aromatic rings. The second-order valence-corrected chi connectivity index (χ2v) is 6.61. The molecule has 2 aliphatic carbocycles. The summed E-state index contributed by atoms with van der Waals surface area (Å²) in [6.07, 6.45) is 9.96. The SMILES string of the molecule is CCCNC1(C#N)CCC(N(C)CC2CCCC2)C1. The van der Waals surface area contributed by atoms with Crippen LogP contribution in [0.25, 0.3) is 0 Å². The van der Waals surface area contributed by atoms with Crippen LogP contribution < -0.4 is 5.32 Å². The Kier molecular flexibility index (Phi) is 5.24. The lowest BCUT2D eigenvalue weighted by Gasteiger charge is -2.29. The van der Waals surface area contributed by atoms with Gasteiger partial charge in [-0.3, -0.25) is 5.32 Å². The highest BCUT2D eigenvalue weighted by Gasteiger charge is 2.40. The molecule has 2 unspecified atom stereocenters. The van der Waals surface area contributed by atoms with Crippen molar-refractivity contribution in [2.75, 3.05) is 20.1 Å². The predicted octanol–water partition coefficient (Wildman–Crippen LogP) is 2.92. The van der Waals surface area contributed by atoms with Crippen LogP contribution in [0.3, 0.4) is 0 Å². The molecule has 2 saturated carbocycles. The minimum atomic E-state index is -0.245. The third-order valence-corrected chi connectivity index (χ3v) is 5.06. The summed E-state index contributed by atoms with van der Waals surface area (Å²) < 4.78 is 0. The molecular weight excluding hydrogens is 234 g/mol. The smallest absolute Gasteiger partial charge is 0.108 e. The summed E-state index contributed by atoms with van der Waals surface area (Å²) in [4.78, 5) is 2.53. The molecule has 3 heteroatoms. The van der Waals surface area contributed by atoms with Gasteiger partial charge in [0.15, 0.2) is 0 Å². The van der Waals surface area contributed by atoms with E-state index in [0.29, 0.717) is 6.04 Å². The molecule has 2 aliphatic rings. The maximum Gasteiger partial charge on any atom is 0.108 e. The minimum Gasteiger partial charge on any atom is -0.303 e. The highest BCUT2D eigenvalue weighted by molar-refractivity contribution is 5.13. The molecule has 0 bridgehead atoms. The molecule has 2 fully saturated rings. The largest absolute Gasteiger partial charge is 0.303 e. The molecule has 108 valence electrons. The first kappa shape index (κ1) is 14.8. The number of nitriles is 1. The molecule has 2 rings (SSSR count). The van der Waals surface area contributed by atoms with E-state index in [1.807, 2.05) is 0 Å². The van der Waals surface area contributed by atoms with E-state index in [1.54, 1.807) is 0 Å². The maximum absolute atomic E-state index is 9.50. The first-order chi connectivity index (χ1) is 9.19. The fourth-order valence-corrected chi connectivity index (χ4v) is 3.81. The molecule has 2 atom stereocenters. The van der Waals surface area contributed by atoms with Crippen molar-refractivity contribution < 1.29 is 0 Å². The number of hydrogen-bond acceptors (Lipinski definition) is 3. The maximum atomic E-state index is 9.50. The van der Waals surface area contributed by atoms with Gasteiger partial charge in [-0.2, -0.15) is 5.26 Å². The lowest BCUT2D eigenvalue weighted by molar-refractivity contribution is 0.203. The average molecular weight is 263 g/mol. The van der Waals surface area contributed by atoms with Gasteiger partial charge < -0.3 is 4.90 Å². The fraction of sp³-hybridized carbons (Fsp3) is 0.938. The van der Waals surface area contributed by atoms with Crippen molar-refractivity contribution >= 4 is 0 Å². The number of nitrogens with one attached hydrogen (secondary N) is 1. The molecule has 0 saturated heterocycles. The third kappa shape index (κ3) is 3.70. The van der Waals surface area contributed by atoms with E-state index in [2.05, 4.69) is 30.3 Å². The topological polar surface area (TPSA) is 39.1 Å². The molecule has 0 aliphatic heterocycles. The van der Waals surface area contributed by atoms with Crippen LogP contribution in [-0.2, 0) is 0 Å². The zero-order valence-corrected chi connectivity index (χ0v) is 12.6. The Balaban J connectivity index is 1.83. The van der Waals surface area contributed by atoms with Gasteiger partial charge in [-0.05, 0) is 58.0 Å². The monoisotopic (exact) mass is 263 g/mol. The normalized spacial score (nSPS) is 32.0. The quantitative estimate of drug-likeness (QED) is 0.801.